The zero-order valence-corrected chi connectivity index (χ0v) is 21.6. The summed E-state index contributed by atoms with van der Waals surface area (Å²) < 4.78 is 11.1. The number of ether oxygens (including phenoxy) is 2. The Morgan fingerprint density at radius 1 is 0.613 bits per heavy atom. The monoisotopic (exact) mass is 438 g/mol. The SMILES string of the molecule is CC(C)(C)OC(=O)N1CCC(C(C)(C)C(C)(C)C2CCN(C(=O)OC(C)(C)C)C2)CC1. The minimum atomic E-state index is -0.466. The fourth-order valence-corrected chi connectivity index (χ4v) is 5.00. The first kappa shape index (κ1) is 25.8. The highest BCUT2D eigenvalue weighted by molar-refractivity contribution is 5.68. The minimum Gasteiger partial charge on any atom is -0.444 e. The molecule has 0 spiro atoms. The molecule has 6 heteroatoms. The first-order valence-electron chi connectivity index (χ1n) is 11.9. The van der Waals surface area contributed by atoms with E-state index in [0.29, 0.717) is 11.8 Å². The van der Waals surface area contributed by atoms with Crippen molar-refractivity contribution < 1.29 is 19.1 Å². The number of carbonyl (C=O) groups is 2. The number of piperidine rings is 1. The van der Waals surface area contributed by atoms with Gasteiger partial charge in [-0.05, 0) is 83.5 Å². The van der Waals surface area contributed by atoms with E-state index < -0.39 is 11.2 Å². The van der Waals surface area contributed by atoms with Crippen LogP contribution in [0.1, 0.15) is 88.5 Å². The second-order valence-electron chi connectivity index (χ2n) is 12.6. The average molecular weight is 439 g/mol. The molecular formula is C25H46N2O4. The van der Waals surface area contributed by atoms with Crippen LogP contribution in [0.5, 0.6) is 0 Å². The fraction of sp³-hybridized carbons (Fsp3) is 0.920. The van der Waals surface area contributed by atoms with E-state index in [1.54, 1.807) is 0 Å². The Morgan fingerprint density at radius 3 is 1.42 bits per heavy atom. The van der Waals surface area contributed by atoms with Crippen molar-refractivity contribution in [1.29, 1.82) is 0 Å². The van der Waals surface area contributed by atoms with Crippen molar-refractivity contribution in [1.82, 2.24) is 9.80 Å². The van der Waals surface area contributed by atoms with E-state index in [-0.39, 0.29) is 23.0 Å². The van der Waals surface area contributed by atoms with Crippen molar-refractivity contribution in [3.63, 3.8) is 0 Å². The highest BCUT2D eigenvalue weighted by Gasteiger charge is 2.50. The molecule has 6 nitrogen and oxygen atoms in total. The van der Waals surface area contributed by atoms with Crippen molar-refractivity contribution >= 4 is 12.2 Å². The Balaban J connectivity index is 1.98. The lowest BCUT2D eigenvalue weighted by atomic mass is 9.54. The molecule has 0 N–H and O–H groups in total. The molecule has 31 heavy (non-hydrogen) atoms. The summed E-state index contributed by atoms with van der Waals surface area (Å²) in [6, 6.07) is 0. The van der Waals surface area contributed by atoms with Crippen molar-refractivity contribution in [2.45, 2.75) is 99.7 Å². The molecule has 0 aliphatic carbocycles. The van der Waals surface area contributed by atoms with Gasteiger partial charge in [-0.2, -0.15) is 0 Å². The van der Waals surface area contributed by atoms with Gasteiger partial charge in [-0.3, -0.25) is 0 Å². The quantitative estimate of drug-likeness (QED) is 0.547. The van der Waals surface area contributed by atoms with Crippen LogP contribution < -0.4 is 0 Å². The first-order chi connectivity index (χ1) is 13.9. The molecule has 2 heterocycles. The van der Waals surface area contributed by atoms with Crippen molar-refractivity contribution in [2.24, 2.45) is 22.7 Å². The zero-order valence-electron chi connectivity index (χ0n) is 21.6. The fourth-order valence-electron chi connectivity index (χ4n) is 5.00. The molecule has 0 radical (unpaired) electrons. The number of rotatable bonds is 3. The van der Waals surface area contributed by atoms with Gasteiger partial charge in [0.1, 0.15) is 11.2 Å². The summed E-state index contributed by atoms with van der Waals surface area (Å²) in [6.07, 6.45) is 2.57. The Kier molecular flexibility index (Phi) is 7.34. The third-order valence-corrected chi connectivity index (χ3v) is 7.69. The maximum Gasteiger partial charge on any atom is 0.410 e. The Bertz CT molecular complexity index is 649. The molecule has 1 atom stereocenters. The van der Waals surface area contributed by atoms with E-state index in [9.17, 15) is 9.59 Å². The number of hydrogen-bond acceptors (Lipinski definition) is 4. The largest absolute Gasteiger partial charge is 0.444 e. The van der Waals surface area contributed by atoms with Crippen LogP contribution in [0, 0.1) is 22.7 Å². The van der Waals surface area contributed by atoms with Crippen LogP contribution in [0.25, 0.3) is 0 Å². The summed E-state index contributed by atoms with van der Waals surface area (Å²) in [5.74, 6) is 0.954. The molecule has 2 saturated heterocycles. The predicted molar refractivity (Wildman–Crippen MR) is 124 cm³/mol. The minimum absolute atomic E-state index is 0.0581. The van der Waals surface area contributed by atoms with Gasteiger partial charge < -0.3 is 19.3 Å². The molecule has 2 rings (SSSR count). The number of amides is 2. The smallest absolute Gasteiger partial charge is 0.410 e. The van der Waals surface area contributed by atoms with E-state index in [1.165, 1.54) is 0 Å². The lowest BCUT2D eigenvalue weighted by Gasteiger charge is -2.52. The van der Waals surface area contributed by atoms with Gasteiger partial charge in [0.2, 0.25) is 0 Å². The van der Waals surface area contributed by atoms with E-state index >= 15 is 0 Å². The van der Waals surface area contributed by atoms with E-state index in [1.807, 2.05) is 51.3 Å². The van der Waals surface area contributed by atoms with Gasteiger partial charge in [0.15, 0.2) is 0 Å². The van der Waals surface area contributed by atoms with Gasteiger partial charge in [-0.15, -0.1) is 0 Å². The van der Waals surface area contributed by atoms with Gasteiger partial charge in [-0.25, -0.2) is 9.59 Å². The Morgan fingerprint density at radius 2 is 0.968 bits per heavy atom. The van der Waals surface area contributed by atoms with Crippen LogP contribution in [-0.2, 0) is 9.47 Å². The van der Waals surface area contributed by atoms with E-state index in [4.69, 9.17) is 9.47 Å². The standard InChI is InChI=1S/C25H46N2O4/c1-22(2,3)30-20(28)26-14-11-18(12-15-26)24(7,8)25(9,10)19-13-16-27(17-19)21(29)31-23(4,5)6/h18-19H,11-17H2,1-10H3. The van der Waals surface area contributed by atoms with Crippen LogP contribution in [0.2, 0.25) is 0 Å². The van der Waals surface area contributed by atoms with Crippen molar-refractivity contribution in [3.8, 4) is 0 Å². The molecule has 0 aromatic rings. The summed E-state index contributed by atoms with van der Waals surface area (Å²) in [5.41, 5.74) is -0.784. The lowest BCUT2D eigenvalue weighted by molar-refractivity contribution is -0.0385. The summed E-state index contributed by atoms with van der Waals surface area (Å²) in [4.78, 5) is 28.7. The third-order valence-electron chi connectivity index (χ3n) is 7.69. The van der Waals surface area contributed by atoms with E-state index in [0.717, 1.165) is 45.4 Å². The second-order valence-corrected chi connectivity index (χ2v) is 12.6. The maximum atomic E-state index is 12.5. The van der Waals surface area contributed by atoms with Gasteiger partial charge in [0.25, 0.3) is 0 Å². The molecule has 180 valence electrons. The summed E-state index contributed by atoms with van der Waals surface area (Å²) in [6.45, 7) is 23.9. The van der Waals surface area contributed by atoms with Crippen LogP contribution in [-0.4, -0.2) is 59.4 Å². The molecule has 0 bridgehead atoms. The topological polar surface area (TPSA) is 59.1 Å². The molecule has 2 amide bonds. The normalized spacial score (nSPS) is 21.9. The van der Waals surface area contributed by atoms with Gasteiger partial charge >= 0.3 is 12.2 Å². The molecule has 2 aliphatic rings. The number of hydrogen-bond donors (Lipinski definition) is 0. The number of nitrogens with zero attached hydrogens (tertiary/aromatic N) is 2. The van der Waals surface area contributed by atoms with E-state index in [2.05, 4.69) is 27.7 Å². The van der Waals surface area contributed by atoms with Gasteiger partial charge in [-0.1, -0.05) is 27.7 Å². The molecule has 2 aliphatic heterocycles. The molecule has 0 saturated carbocycles. The molecule has 2 fully saturated rings. The Labute approximate surface area is 190 Å². The van der Waals surface area contributed by atoms with Crippen LogP contribution in [0.15, 0.2) is 0 Å². The third kappa shape index (κ3) is 6.29. The lowest BCUT2D eigenvalue weighted by Crippen LogP contribution is -2.50. The summed E-state index contributed by atoms with van der Waals surface area (Å²) >= 11 is 0. The molecule has 1 unspecified atom stereocenters. The highest BCUT2D eigenvalue weighted by Crippen LogP contribution is 2.54. The molecule has 0 aromatic carbocycles. The van der Waals surface area contributed by atoms with Crippen LogP contribution in [0.3, 0.4) is 0 Å². The summed E-state index contributed by atoms with van der Waals surface area (Å²) in [5, 5.41) is 0. The van der Waals surface area contributed by atoms with Gasteiger partial charge in [0, 0.05) is 26.2 Å². The average Bonchev–Trinajstić information content (AvgIpc) is 3.10. The number of carbonyl (C=O) groups excluding carboxylic acids is 2. The zero-order chi connectivity index (χ0) is 23.8. The first-order valence-corrected chi connectivity index (χ1v) is 11.9. The Hall–Kier alpha value is -1.46. The molecular weight excluding hydrogens is 392 g/mol. The van der Waals surface area contributed by atoms with Gasteiger partial charge in [0.05, 0.1) is 0 Å². The summed E-state index contributed by atoms with van der Waals surface area (Å²) in [7, 11) is 0. The van der Waals surface area contributed by atoms with Crippen LogP contribution >= 0.6 is 0 Å². The maximum absolute atomic E-state index is 12.5. The van der Waals surface area contributed by atoms with Crippen molar-refractivity contribution in [2.75, 3.05) is 26.2 Å². The molecule has 0 aromatic heterocycles. The van der Waals surface area contributed by atoms with Crippen LogP contribution in [0.4, 0.5) is 9.59 Å². The highest BCUT2D eigenvalue weighted by atomic mass is 16.6. The van der Waals surface area contributed by atoms with Crippen molar-refractivity contribution in [3.05, 3.63) is 0 Å². The number of likely N-dealkylation sites (tertiary alicyclic amines) is 2. The second kappa shape index (κ2) is 8.82. The predicted octanol–water partition coefficient (Wildman–Crippen LogP) is 5.94.